The molecule has 148 valence electrons. The smallest absolute Gasteiger partial charge is 0.323 e. The quantitative estimate of drug-likeness (QED) is 0.711. The first-order valence-electron chi connectivity index (χ1n) is 9.71. The Morgan fingerprint density at radius 1 is 1.36 bits per heavy atom. The highest BCUT2D eigenvalue weighted by molar-refractivity contribution is 5.88. The third kappa shape index (κ3) is 3.87. The highest BCUT2D eigenvalue weighted by Crippen LogP contribution is 2.18. The average Bonchev–Trinajstić information content (AvgIpc) is 3.42. The average molecular weight is 382 g/mol. The van der Waals surface area contributed by atoms with Crippen LogP contribution in [0.3, 0.4) is 0 Å². The maximum absolute atomic E-state index is 12.6. The molecule has 0 spiro atoms. The molecule has 1 aromatic carbocycles. The number of amides is 2. The highest BCUT2D eigenvalue weighted by atomic mass is 16.5. The lowest BCUT2D eigenvalue weighted by atomic mass is 10.1. The number of benzene rings is 1. The monoisotopic (exact) mass is 382 g/mol. The van der Waals surface area contributed by atoms with Crippen molar-refractivity contribution < 1.29 is 9.53 Å². The van der Waals surface area contributed by atoms with Gasteiger partial charge in [0.15, 0.2) is 5.82 Å². The lowest BCUT2D eigenvalue weighted by Crippen LogP contribution is -2.32. The van der Waals surface area contributed by atoms with Gasteiger partial charge >= 0.3 is 6.03 Å². The van der Waals surface area contributed by atoms with Gasteiger partial charge in [0.2, 0.25) is 0 Å². The summed E-state index contributed by atoms with van der Waals surface area (Å²) in [6.45, 7) is 5.73. The number of para-hydroxylation sites is 2. The fraction of sp³-hybridized carbons (Fsp3) is 0.450. The molecule has 0 bridgehead atoms. The number of nitrogens with zero attached hydrogens (tertiary/aromatic N) is 5. The number of aryl methyl sites for hydroxylation is 1. The van der Waals surface area contributed by atoms with Crippen LogP contribution in [0.25, 0.3) is 11.0 Å². The fourth-order valence-electron chi connectivity index (χ4n) is 3.61. The maximum Gasteiger partial charge on any atom is 0.323 e. The van der Waals surface area contributed by atoms with E-state index in [0.717, 1.165) is 49.6 Å². The molecule has 0 aliphatic carbocycles. The van der Waals surface area contributed by atoms with Crippen LogP contribution in [-0.4, -0.2) is 50.5 Å². The molecule has 8 heteroatoms. The van der Waals surface area contributed by atoms with E-state index in [1.807, 2.05) is 35.1 Å². The molecule has 3 heterocycles. The van der Waals surface area contributed by atoms with E-state index < -0.39 is 0 Å². The molecule has 1 N–H and O–H groups in total. The Morgan fingerprint density at radius 3 is 3.00 bits per heavy atom. The molecule has 3 aromatic rings. The van der Waals surface area contributed by atoms with E-state index in [4.69, 9.17) is 4.74 Å². The van der Waals surface area contributed by atoms with Crippen LogP contribution in [0.4, 0.5) is 10.6 Å². The summed E-state index contributed by atoms with van der Waals surface area (Å²) in [6, 6.07) is 9.64. The molecule has 0 saturated carbocycles. The van der Waals surface area contributed by atoms with Crippen LogP contribution >= 0.6 is 0 Å². The lowest BCUT2D eigenvalue weighted by molar-refractivity contribution is 0.181. The number of ether oxygens (including phenoxy) is 1. The second kappa shape index (κ2) is 8.02. The van der Waals surface area contributed by atoms with Crippen molar-refractivity contribution in [3.8, 4) is 0 Å². The van der Waals surface area contributed by atoms with Crippen LogP contribution in [0.5, 0.6) is 0 Å². The van der Waals surface area contributed by atoms with Crippen molar-refractivity contribution in [2.75, 3.05) is 25.6 Å². The zero-order valence-corrected chi connectivity index (χ0v) is 16.3. The van der Waals surface area contributed by atoms with Crippen LogP contribution in [0.2, 0.25) is 0 Å². The van der Waals surface area contributed by atoms with Crippen LogP contribution in [0, 0.1) is 5.92 Å². The summed E-state index contributed by atoms with van der Waals surface area (Å²) in [5, 5.41) is 7.32. The van der Waals surface area contributed by atoms with E-state index in [9.17, 15) is 4.79 Å². The van der Waals surface area contributed by atoms with Crippen molar-refractivity contribution in [1.29, 1.82) is 0 Å². The maximum atomic E-state index is 12.6. The van der Waals surface area contributed by atoms with E-state index >= 15 is 0 Å². The number of anilines is 1. The predicted octanol–water partition coefficient (Wildman–Crippen LogP) is 2.95. The number of hydrogen-bond donors (Lipinski definition) is 1. The summed E-state index contributed by atoms with van der Waals surface area (Å²) in [4.78, 5) is 18.9. The summed E-state index contributed by atoms with van der Waals surface area (Å²) in [6.07, 6.45) is 2.95. The number of urea groups is 1. The highest BCUT2D eigenvalue weighted by Gasteiger charge is 2.18. The first kappa shape index (κ1) is 18.5. The van der Waals surface area contributed by atoms with Crippen molar-refractivity contribution in [3.63, 3.8) is 0 Å². The second-order valence-corrected chi connectivity index (χ2v) is 7.20. The van der Waals surface area contributed by atoms with Gasteiger partial charge in [0.05, 0.1) is 24.2 Å². The van der Waals surface area contributed by atoms with E-state index in [0.29, 0.717) is 18.3 Å². The van der Waals surface area contributed by atoms with Crippen LogP contribution < -0.4 is 5.32 Å². The van der Waals surface area contributed by atoms with Gasteiger partial charge in [0, 0.05) is 44.9 Å². The minimum Gasteiger partial charge on any atom is -0.381 e. The largest absolute Gasteiger partial charge is 0.381 e. The Labute approximate surface area is 164 Å². The molecule has 2 amide bonds. The Hall–Kier alpha value is -2.87. The van der Waals surface area contributed by atoms with Gasteiger partial charge < -0.3 is 14.2 Å². The summed E-state index contributed by atoms with van der Waals surface area (Å²) in [7, 11) is 1.77. The van der Waals surface area contributed by atoms with Crippen molar-refractivity contribution >= 4 is 22.9 Å². The standard InChI is InChI=1S/C20H26N6O2/c1-3-26-17-7-5-4-6-16(17)21-19(26)13-24(2)20(27)22-18-8-10-25(23-18)12-15-9-11-28-14-15/h4-8,10,15H,3,9,11-14H2,1-2H3,(H,22,23,27). The molecule has 1 unspecified atom stereocenters. The van der Waals surface area contributed by atoms with Crippen LogP contribution in [-0.2, 0) is 24.4 Å². The predicted molar refractivity (Wildman–Crippen MR) is 107 cm³/mol. The zero-order valence-electron chi connectivity index (χ0n) is 16.3. The number of nitrogens with one attached hydrogen (secondary N) is 1. The van der Waals surface area contributed by atoms with Gasteiger partial charge in [-0.1, -0.05) is 12.1 Å². The van der Waals surface area contributed by atoms with E-state index in [1.165, 1.54) is 0 Å². The summed E-state index contributed by atoms with van der Waals surface area (Å²) in [5.74, 6) is 1.92. The van der Waals surface area contributed by atoms with Gasteiger partial charge in [-0.25, -0.2) is 9.78 Å². The minimum atomic E-state index is -0.204. The Bertz CT molecular complexity index is 957. The summed E-state index contributed by atoms with van der Waals surface area (Å²) in [5.41, 5.74) is 2.03. The Morgan fingerprint density at radius 2 is 2.21 bits per heavy atom. The van der Waals surface area contributed by atoms with Crippen molar-refractivity contribution in [3.05, 3.63) is 42.4 Å². The number of fused-ring (bicyclic) bond motifs is 1. The second-order valence-electron chi connectivity index (χ2n) is 7.20. The summed E-state index contributed by atoms with van der Waals surface area (Å²) < 4.78 is 9.41. The number of hydrogen-bond acceptors (Lipinski definition) is 4. The molecular formula is C20H26N6O2. The fourth-order valence-corrected chi connectivity index (χ4v) is 3.61. The van der Waals surface area contributed by atoms with Crippen molar-refractivity contribution in [2.45, 2.75) is 33.0 Å². The first-order chi connectivity index (χ1) is 13.6. The van der Waals surface area contributed by atoms with Crippen LogP contribution in [0.15, 0.2) is 36.5 Å². The first-order valence-corrected chi connectivity index (χ1v) is 9.71. The van der Waals surface area contributed by atoms with E-state index in [1.54, 1.807) is 11.9 Å². The number of carbonyl (C=O) groups is 1. The SMILES string of the molecule is CCn1c(CN(C)C(=O)Nc2ccn(CC3CCOC3)n2)nc2ccccc21. The molecule has 1 saturated heterocycles. The van der Waals surface area contributed by atoms with Crippen molar-refractivity contribution in [1.82, 2.24) is 24.2 Å². The van der Waals surface area contributed by atoms with E-state index in [-0.39, 0.29) is 6.03 Å². The molecule has 4 rings (SSSR count). The van der Waals surface area contributed by atoms with Gasteiger partial charge in [-0.2, -0.15) is 5.10 Å². The molecule has 0 radical (unpaired) electrons. The number of rotatable bonds is 6. The number of carbonyl (C=O) groups excluding carboxylic acids is 1. The third-order valence-electron chi connectivity index (χ3n) is 5.12. The van der Waals surface area contributed by atoms with Gasteiger partial charge in [-0.15, -0.1) is 0 Å². The third-order valence-corrected chi connectivity index (χ3v) is 5.12. The molecule has 2 aromatic heterocycles. The number of aromatic nitrogens is 4. The topological polar surface area (TPSA) is 77.2 Å². The van der Waals surface area contributed by atoms with Crippen LogP contribution in [0.1, 0.15) is 19.2 Å². The summed E-state index contributed by atoms with van der Waals surface area (Å²) >= 11 is 0. The molecule has 1 aliphatic heterocycles. The molecule has 8 nitrogen and oxygen atoms in total. The zero-order chi connectivity index (χ0) is 19.5. The Kier molecular flexibility index (Phi) is 5.29. The lowest BCUT2D eigenvalue weighted by Gasteiger charge is -2.17. The van der Waals surface area contributed by atoms with Gasteiger partial charge in [-0.05, 0) is 25.5 Å². The molecule has 28 heavy (non-hydrogen) atoms. The molecular weight excluding hydrogens is 356 g/mol. The van der Waals surface area contributed by atoms with E-state index in [2.05, 4.69) is 33.0 Å². The van der Waals surface area contributed by atoms with Gasteiger partial charge in [0.1, 0.15) is 5.82 Å². The molecule has 1 aliphatic rings. The van der Waals surface area contributed by atoms with Gasteiger partial charge in [-0.3, -0.25) is 10.00 Å². The molecule has 1 atom stereocenters. The van der Waals surface area contributed by atoms with Crippen molar-refractivity contribution in [2.24, 2.45) is 5.92 Å². The molecule has 1 fully saturated rings. The normalized spacial score (nSPS) is 16.6. The van der Waals surface area contributed by atoms with Gasteiger partial charge in [0.25, 0.3) is 0 Å². The minimum absolute atomic E-state index is 0.204. The Balaban J connectivity index is 1.39. The number of imidazole rings is 1.